The molecular formula is C26H24N2O4. The van der Waals surface area contributed by atoms with Crippen LogP contribution in [0.5, 0.6) is 11.5 Å². The number of nitrogens with zero attached hydrogens (tertiary/aromatic N) is 2. The van der Waals surface area contributed by atoms with Gasteiger partial charge in [0.25, 0.3) is 0 Å². The van der Waals surface area contributed by atoms with Gasteiger partial charge in [-0.2, -0.15) is 5.26 Å². The van der Waals surface area contributed by atoms with Crippen LogP contribution in [-0.2, 0) is 11.3 Å². The lowest BCUT2D eigenvalue weighted by Crippen LogP contribution is -2.05. The third-order valence-electron chi connectivity index (χ3n) is 5.35. The number of hydrogen-bond donors (Lipinski definition) is 1. The molecular weight excluding hydrogens is 404 g/mol. The molecule has 6 nitrogen and oxygen atoms in total. The highest BCUT2D eigenvalue weighted by molar-refractivity contribution is 6.08. The van der Waals surface area contributed by atoms with Gasteiger partial charge in [-0.1, -0.05) is 18.2 Å². The molecule has 4 aromatic rings. The molecule has 1 aromatic heterocycles. The molecule has 6 heteroatoms. The highest BCUT2D eigenvalue weighted by atomic mass is 16.5. The standard InChI is InChI=1S/C26H24N2O4/c27-18-19-7-9-20(10-8-19)31-15-3-4-16-32-21-11-12-23-22-5-1-2-6-24(22)28(25(23)17-21)14-13-26(29)30/h1-2,5-12,17H,3-4,13-16H2,(H,29,30). The zero-order valence-electron chi connectivity index (χ0n) is 17.7. The molecule has 0 aliphatic rings. The van der Waals surface area contributed by atoms with Crippen LogP contribution < -0.4 is 9.47 Å². The number of fused-ring (bicyclic) bond motifs is 3. The van der Waals surface area contributed by atoms with E-state index in [1.807, 2.05) is 36.4 Å². The van der Waals surface area contributed by atoms with Crippen LogP contribution in [0.3, 0.4) is 0 Å². The van der Waals surface area contributed by atoms with E-state index in [0.29, 0.717) is 25.3 Å². The van der Waals surface area contributed by atoms with E-state index in [1.54, 1.807) is 24.3 Å². The molecule has 0 bridgehead atoms. The van der Waals surface area contributed by atoms with Crippen molar-refractivity contribution in [3.63, 3.8) is 0 Å². The molecule has 0 amide bonds. The van der Waals surface area contributed by atoms with Crippen molar-refractivity contribution in [2.24, 2.45) is 0 Å². The van der Waals surface area contributed by atoms with Gasteiger partial charge in [-0.3, -0.25) is 4.79 Å². The van der Waals surface area contributed by atoms with Gasteiger partial charge in [0.1, 0.15) is 11.5 Å². The Bertz CT molecular complexity index is 1270. The first-order valence-corrected chi connectivity index (χ1v) is 10.6. The number of nitriles is 1. The first kappa shape index (κ1) is 21.3. The van der Waals surface area contributed by atoms with Crippen molar-refractivity contribution in [2.75, 3.05) is 13.2 Å². The predicted octanol–water partition coefficient (Wildman–Crippen LogP) is 5.38. The summed E-state index contributed by atoms with van der Waals surface area (Å²) in [5.74, 6) is 0.709. The van der Waals surface area contributed by atoms with E-state index in [-0.39, 0.29) is 6.42 Å². The number of unbranched alkanes of at least 4 members (excludes halogenated alkanes) is 1. The first-order chi connectivity index (χ1) is 15.7. The number of rotatable bonds is 10. The number of carbonyl (C=O) groups is 1. The zero-order chi connectivity index (χ0) is 22.3. The Morgan fingerprint density at radius 1 is 0.875 bits per heavy atom. The van der Waals surface area contributed by atoms with E-state index in [1.165, 1.54) is 0 Å². The molecule has 0 radical (unpaired) electrons. The minimum absolute atomic E-state index is 0.0676. The van der Waals surface area contributed by atoms with Gasteiger partial charge in [0.05, 0.1) is 36.8 Å². The number of aliphatic carboxylic acids is 1. The zero-order valence-corrected chi connectivity index (χ0v) is 17.7. The third-order valence-corrected chi connectivity index (χ3v) is 5.35. The molecule has 0 aliphatic heterocycles. The molecule has 32 heavy (non-hydrogen) atoms. The van der Waals surface area contributed by atoms with Crippen molar-refractivity contribution in [1.29, 1.82) is 5.26 Å². The Kier molecular flexibility index (Phi) is 6.57. The number of carboxylic acid groups (broad SMARTS) is 1. The lowest BCUT2D eigenvalue weighted by molar-refractivity contribution is -0.137. The van der Waals surface area contributed by atoms with Crippen LogP contribution in [0, 0.1) is 11.3 Å². The molecule has 0 aliphatic carbocycles. The Hall–Kier alpha value is -3.98. The fraction of sp³-hybridized carbons (Fsp3) is 0.231. The smallest absolute Gasteiger partial charge is 0.305 e. The largest absolute Gasteiger partial charge is 0.494 e. The maximum Gasteiger partial charge on any atom is 0.305 e. The van der Waals surface area contributed by atoms with Crippen molar-refractivity contribution in [3.05, 3.63) is 72.3 Å². The summed E-state index contributed by atoms with van der Waals surface area (Å²) < 4.78 is 13.7. The van der Waals surface area contributed by atoms with Gasteiger partial charge >= 0.3 is 5.97 Å². The van der Waals surface area contributed by atoms with Gasteiger partial charge in [0.15, 0.2) is 0 Å². The van der Waals surface area contributed by atoms with E-state index < -0.39 is 5.97 Å². The molecule has 3 aromatic carbocycles. The molecule has 0 atom stereocenters. The van der Waals surface area contributed by atoms with E-state index in [2.05, 4.69) is 16.7 Å². The highest BCUT2D eigenvalue weighted by Crippen LogP contribution is 2.31. The Morgan fingerprint density at radius 3 is 2.25 bits per heavy atom. The second-order valence-corrected chi connectivity index (χ2v) is 7.53. The first-order valence-electron chi connectivity index (χ1n) is 10.6. The summed E-state index contributed by atoms with van der Waals surface area (Å²) in [6.45, 7) is 1.56. The van der Waals surface area contributed by atoms with Crippen LogP contribution in [-0.4, -0.2) is 28.9 Å². The molecule has 0 spiro atoms. The molecule has 4 rings (SSSR count). The van der Waals surface area contributed by atoms with Gasteiger partial charge < -0.3 is 19.1 Å². The highest BCUT2D eigenvalue weighted by Gasteiger charge is 2.12. The number of ether oxygens (including phenoxy) is 2. The monoisotopic (exact) mass is 428 g/mol. The van der Waals surface area contributed by atoms with Gasteiger partial charge in [-0.05, 0) is 55.3 Å². The number of benzene rings is 3. The molecule has 1 N–H and O–H groups in total. The van der Waals surface area contributed by atoms with Crippen molar-refractivity contribution < 1.29 is 19.4 Å². The number of carboxylic acids is 1. The van der Waals surface area contributed by atoms with Gasteiger partial charge in [-0.15, -0.1) is 0 Å². The fourth-order valence-electron chi connectivity index (χ4n) is 3.78. The molecule has 1 heterocycles. The van der Waals surface area contributed by atoms with Crippen LogP contribution in [0.2, 0.25) is 0 Å². The maximum atomic E-state index is 11.1. The lowest BCUT2D eigenvalue weighted by atomic mass is 10.1. The van der Waals surface area contributed by atoms with Crippen LogP contribution in [0.15, 0.2) is 66.7 Å². The summed E-state index contributed by atoms with van der Waals surface area (Å²) in [6, 6.07) is 23.2. The van der Waals surface area contributed by atoms with E-state index >= 15 is 0 Å². The van der Waals surface area contributed by atoms with Crippen molar-refractivity contribution in [2.45, 2.75) is 25.8 Å². The van der Waals surface area contributed by atoms with Crippen LogP contribution in [0.4, 0.5) is 0 Å². The summed E-state index contributed by atoms with van der Waals surface area (Å²) >= 11 is 0. The van der Waals surface area contributed by atoms with Crippen LogP contribution >= 0.6 is 0 Å². The van der Waals surface area contributed by atoms with Gasteiger partial charge in [0, 0.05) is 28.9 Å². The summed E-state index contributed by atoms with van der Waals surface area (Å²) in [5, 5.41) is 20.2. The topological polar surface area (TPSA) is 84.5 Å². The van der Waals surface area contributed by atoms with Crippen molar-refractivity contribution in [3.8, 4) is 17.6 Å². The van der Waals surface area contributed by atoms with E-state index in [4.69, 9.17) is 19.8 Å². The summed E-state index contributed by atoms with van der Waals surface area (Å²) in [6.07, 6.45) is 1.76. The SMILES string of the molecule is N#Cc1ccc(OCCCCOc2ccc3c4ccccc4n(CCC(=O)O)c3c2)cc1. The maximum absolute atomic E-state index is 11.1. The summed E-state index contributed by atoms with van der Waals surface area (Å²) in [5.41, 5.74) is 2.62. The lowest BCUT2D eigenvalue weighted by Gasteiger charge is -2.09. The second kappa shape index (κ2) is 9.88. The van der Waals surface area contributed by atoms with Crippen LogP contribution in [0.25, 0.3) is 21.8 Å². The van der Waals surface area contributed by atoms with E-state index in [0.717, 1.165) is 46.1 Å². The summed E-state index contributed by atoms with van der Waals surface area (Å²) in [7, 11) is 0. The molecule has 162 valence electrons. The minimum atomic E-state index is -0.813. The summed E-state index contributed by atoms with van der Waals surface area (Å²) in [4.78, 5) is 11.1. The Labute approximate surface area is 186 Å². The Balaban J connectivity index is 1.36. The minimum Gasteiger partial charge on any atom is -0.494 e. The normalized spacial score (nSPS) is 10.8. The van der Waals surface area contributed by atoms with Crippen molar-refractivity contribution in [1.82, 2.24) is 4.57 Å². The number of hydrogen-bond acceptors (Lipinski definition) is 4. The number of aromatic nitrogens is 1. The molecule has 0 saturated heterocycles. The fourth-order valence-corrected chi connectivity index (χ4v) is 3.78. The molecule has 0 saturated carbocycles. The second-order valence-electron chi connectivity index (χ2n) is 7.53. The Morgan fingerprint density at radius 2 is 1.53 bits per heavy atom. The molecule has 0 unspecified atom stereocenters. The quantitative estimate of drug-likeness (QED) is 0.343. The van der Waals surface area contributed by atoms with E-state index in [9.17, 15) is 4.79 Å². The van der Waals surface area contributed by atoms with Crippen molar-refractivity contribution >= 4 is 27.8 Å². The average Bonchev–Trinajstić information content (AvgIpc) is 3.13. The predicted molar refractivity (Wildman–Crippen MR) is 123 cm³/mol. The average molecular weight is 428 g/mol. The number of para-hydroxylation sites is 1. The van der Waals surface area contributed by atoms with Gasteiger partial charge in [0.2, 0.25) is 0 Å². The number of aryl methyl sites for hydroxylation is 1. The van der Waals surface area contributed by atoms with Crippen LogP contribution in [0.1, 0.15) is 24.8 Å². The van der Waals surface area contributed by atoms with Gasteiger partial charge in [-0.25, -0.2) is 0 Å². The molecule has 0 fully saturated rings. The third kappa shape index (κ3) is 4.84.